The molecule has 2 rings (SSSR count). The molecule has 16 heavy (non-hydrogen) atoms. The first-order valence-electron chi connectivity index (χ1n) is 4.87. The Bertz CT molecular complexity index is 497. The average molecular weight is 341 g/mol. The standard InChI is InChI=1S/C14H10ClI/c1-10(15)11-2-4-12(5-3-11)13-6-8-14(16)9-7-13/h2-9H,1H2. The first kappa shape index (κ1) is 11.7. The van der Waals surface area contributed by atoms with Crippen LogP contribution in [0.25, 0.3) is 16.2 Å². The zero-order valence-electron chi connectivity index (χ0n) is 8.58. The van der Waals surface area contributed by atoms with Crippen molar-refractivity contribution in [2.24, 2.45) is 0 Å². The van der Waals surface area contributed by atoms with Crippen LogP contribution >= 0.6 is 34.2 Å². The quantitative estimate of drug-likeness (QED) is 0.662. The third-order valence-corrected chi connectivity index (χ3v) is 3.31. The molecule has 0 nitrogen and oxygen atoms in total. The largest absolute Gasteiger partial charge is 0.0843 e. The Labute approximate surface area is 114 Å². The van der Waals surface area contributed by atoms with Gasteiger partial charge in [-0.05, 0) is 51.4 Å². The van der Waals surface area contributed by atoms with E-state index >= 15 is 0 Å². The summed E-state index contributed by atoms with van der Waals surface area (Å²) < 4.78 is 1.24. The average Bonchev–Trinajstić information content (AvgIpc) is 2.30. The van der Waals surface area contributed by atoms with E-state index in [4.69, 9.17) is 11.6 Å². The molecule has 0 N–H and O–H groups in total. The van der Waals surface area contributed by atoms with Gasteiger partial charge in [0.25, 0.3) is 0 Å². The van der Waals surface area contributed by atoms with Crippen LogP contribution in [0.3, 0.4) is 0 Å². The van der Waals surface area contributed by atoms with Crippen molar-refractivity contribution in [1.29, 1.82) is 0 Å². The van der Waals surface area contributed by atoms with Crippen LogP contribution in [0, 0.1) is 3.57 Å². The van der Waals surface area contributed by atoms with Gasteiger partial charge in [-0.15, -0.1) is 0 Å². The second-order valence-corrected chi connectivity index (χ2v) is 5.19. The third kappa shape index (κ3) is 2.66. The van der Waals surface area contributed by atoms with Crippen molar-refractivity contribution in [2.45, 2.75) is 0 Å². The SMILES string of the molecule is C=C(Cl)c1ccc(-c2ccc(I)cc2)cc1. The Morgan fingerprint density at radius 3 is 1.75 bits per heavy atom. The Hall–Kier alpha value is -0.800. The Morgan fingerprint density at radius 1 is 0.875 bits per heavy atom. The number of rotatable bonds is 2. The summed E-state index contributed by atoms with van der Waals surface area (Å²) >= 11 is 8.13. The number of halogens is 2. The highest BCUT2D eigenvalue weighted by Crippen LogP contribution is 2.23. The summed E-state index contributed by atoms with van der Waals surface area (Å²) in [7, 11) is 0. The summed E-state index contributed by atoms with van der Waals surface area (Å²) in [5.41, 5.74) is 3.38. The molecule has 2 heteroatoms. The Balaban J connectivity index is 2.34. The molecule has 0 bridgehead atoms. The van der Waals surface area contributed by atoms with Crippen LogP contribution in [0.15, 0.2) is 55.1 Å². The first-order chi connectivity index (χ1) is 7.66. The number of hydrogen-bond donors (Lipinski definition) is 0. The minimum atomic E-state index is 0.578. The van der Waals surface area contributed by atoms with Crippen LogP contribution in [0.2, 0.25) is 0 Å². The van der Waals surface area contributed by atoms with Crippen molar-refractivity contribution in [3.63, 3.8) is 0 Å². The van der Waals surface area contributed by atoms with Gasteiger partial charge in [-0.25, -0.2) is 0 Å². The van der Waals surface area contributed by atoms with Gasteiger partial charge in [-0.2, -0.15) is 0 Å². The van der Waals surface area contributed by atoms with Crippen molar-refractivity contribution in [1.82, 2.24) is 0 Å². The van der Waals surface area contributed by atoms with Crippen LogP contribution in [0.1, 0.15) is 5.56 Å². The van der Waals surface area contributed by atoms with Crippen LogP contribution < -0.4 is 0 Å². The van der Waals surface area contributed by atoms with Gasteiger partial charge in [-0.3, -0.25) is 0 Å². The van der Waals surface area contributed by atoms with Crippen LogP contribution in [-0.2, 0) is 0 Å². The highest BCUT2D eigenvalue weighted by atomic mass is 127. The predicted molar refractivity (Wildman–Crippen MR) is 79.5 cm³/mol. The summed E-state index contributed by atoms with van der Waals surface area (Å²) in [6.07, 6.45) is 0. The highest BCUT2D eigenvalue weighted by Gasteiger charge is 1.99. The molecule has 80 valence electrons. The monoisotopic (exact) mass is 340 g/mol. The zero-order valence-corrected chi connectivity index (χ0v) is 11.5. The van der Waals surface area contributed by atoms with Crippen LogP contribution in [-0.4, -0.2) is 0 Å². The molecule has 0 fully saturated rings. The number of benzene rings is 2. The second-order valence-electron chi connectivity index (χ2n) is 3.49. The molecule has 0 spiro atoms. The normalized spacial score (nSPS) is 10.1. The lowest BCUT2D eigenvalue weighted by molar-refractivity contribution is 1.58. The molecule has 0 saturated carbocycles. The van der Waals surface area contributed by atoms with Gasteiger partial charge in [0, 0.05) is 8.60 Å². The molecule has 0 atom stereocenters. The summed E-state index contributed by atoms with van der Waals surface area (Å²) in [4.78, 5) is 0. The maximum absolute atomic E-state index is 5.83. The Kier molecular flexibility index (Phi) is 3.66. The van der Waals surface area contributed by atoms with E-state index in [0.717, 1.165) is 5.56 Å². The molecule has 0 unspecified atom stereocenters. The van der Waals surface area contributed by atoms with Gasteiger partial charge in [0.15, 0.2) is 0 Å². The van der Waals surface area contributed by atoms with Gasteiger partial charge in [-0.1, -0.05) is 54.6 Å². The predicted octanol–water partition coefficient (Wildman–Crippen LogP) is 5.17. The second kappa shape index (κ2) is 5.02. The van der Waals surface area contributed by atoms with Gasteiger partial charge < -0.3 is 0 Å². The van der Waals surface area contributed by atoms with E-state index in [1.807, 2.05) is 12.1 Å². The minimum absolute atomic E-state index is 0.578. The molecular formula is C14H10ClI. The molecule has 0 heterocycles. The van der Waals surface area contributed by atoms with Crippen molar-refractivity contribution in [3.05, 3.63) is 64.2 Å². The fourth-order valence-corrected chi connectivity index (χ4v) is 1.97. The molecule has 0 radical (unpaired) electrons. The number of hydrogen-bond acceptors (Lipinski definition) is 0. The summed E-state index contributed by atoms with van der Waals surface area (Å²) in [6.45, 7) is 3.70. The van der Waals surface area contributed by atoms with Crippen LogP contribution in [0.4, 0.5) is 0 Å². The van der Waals surface area contributed by atoms with E-state index in [1.54, 1.807) is 0 Å². The fraction of sp³-hybridized carbons (Fsp3) is 0. The fourth-order valence-electron chi connectivity index (χ4n) is 1.49. The minimum Gasteiger partial charge on any atom is -0.0843 e. The molecule has 0 aliphatic rings. The van der Waals surface area contributed by atoms with E-state index in [-0.39, 0.29) is 0 Å². The molecule has 0 aliphatic heterocycles. The molecule has 0 saturated heterocycles. The van der Waals surface area contributed by atoms with Gasteiger partial charge in [0.1, 0.15) is 0 Å². The van der Waals surface area contributed by atoms with Gasteiger partial charge in [0.2, 0.25) is 0 Å². The van der Waals surface area contributed by atoms with Gasteiger partial charge >= 0.3 is 0 Å². The van der Waals surface area contributed by atoms with E-state index in [0.29, 0.717) is 5.03 Å². The first-order valence-corrected chi connectivity index (χ1v) is 6.33. The van der Waals surface area contributed by atoms with Crippen molar-refractivity contribution < 1.29 is 0 Å². The maximum Gasteiger partial charge on any atom is 0.0406 e. The third-order valence-electron chi connectivity index (χ3n) is 2.38. The zero-order chi connectivity index (χ0) is 11.5. The van der Waals surface area contributed by atoms with Gasteiger partial charge in [0.05, 0.1) is 0 Å². The molecule has 2 aromatic carbocycles. The Morgan fingerprint density at radius 2 is 1.31 bits per heavy atom. The highest BCUT2D eigenvalue weighted by molar-refractivity contribution is 14.1. The lowest BCUT2D eigenvalue weighted by Crippen LogP contribution is -1.80. The summed E-state index contributed by atoms with van der Waals surface area (Å²) in [5.74, 6) is 0. The van der Waals surface area contributed by atoms with Crippen molar-refractivity contribution in [3.8, 4) is 11.1 Å². The van der Waals surface area contributed by atoms with E-state index in [1.165, 1.54) is 14.7 Å². The molecule has 2 aromatic rings. The molecule has 0 aliphatic carbocycles. The maximum atomic E-state index is 5.83. The summed E-state index contributed by atoms with van der Waals surface area (Å²) in [5, 5.41) is 0.578. The topological polar surface area (TPSA) is 0 Å². The smallest absolute Gasteiger partial charge is 0.0406 e. The van der Waals surface area contributed by atoms with E-state index in [9.17, 15) is 0 Å². The lowest BCUT2D eigenvalue weighted by Gasteiger charge is -2.03. The van der Waals surface area contributed by atoms with E-state index < -0.39 is 0 Å². The molecule has 0 amide bonds. The summed E-state index contributed by atoms with van der Waals surface area (Å²) in [6, 6.07) is 16.5. The lowest BCUT2D eigenvalue weighted by atomic mass is 10.0. The molecular weight excluding hydrogens is 331 g/mol. The van der Waals surface area contributed by atoms with Crippen molar-refractivity contribution >= 4 is 39.2 Å². The van der Waals surface area contributed by atoms with E-state index in [2.05, 4.69) is 65.6 Å². The van der Waals surface area contributed by atoms with Crippen molar-refractivity contribution in [2.75, 3.05) is 0 Å². The molecule has 0 aromatic heterocycles. The van der Waals surface area contributed by atoms with Crippen LogP contribution in [0.5, 0.6) is 0 Å².